The maximum atomic E-state index is 9.10. The molecule has 0 bridgehead atoms. The summed E-state index contributed by atoms with van der Waals surface area (Å²) in [6, 6.07) is 38.7. The zero-order valence-electron chi connectivity index (χ0n) is 38.9. The minimum absolute atomic E-state index is 1.21. The molecule has 0 heterocycles. The van der Waals surface area contributed by atoms with E-state index in [1.165, 1.54) is 67.3 Å². The topological polar surface area (TPSA) is 242 Å². The lowest BCUT2D eigenvalue weighted by Gasteiger charge is -2.16. The average molecular weight is 927 g/mol. The molecule has 0 amide bonds. The van der Waals surface area contributed by atoms with Crippen LogP contribution in [0.3, 0.4) is 0 Å². The lowest BCUT2D eigenvalue weighted by molar-refractivity contribution is -0.462. The van der Waals surface area contributed by atoms with E-state index in [0.717, 1.165) is 0 Å². The number of allylic oxidation sites excluding steroid dienone is 10. The van der Waals surface area contributed by atoms with E-state index in [9.17, 15) is 0 Å². The smallest absolute Gasteiger partial charge is 0.414 e. The van der Waals surface area contributed by atoms with E-state index in [0.29, 0.717) is 0 Å². The lowest BCUT2D eigenvalue weighted by atomic mass is 9.90. The highest BCUT2D eigenvalue weighted by Crippen LogP contribution is 2.32. The SMILES string of the molecule is CN(C)c1ccc(C(=C2C=CC(=[N+](C)C)C=C2)c2ccccc2)cc1.CN(C)c1ccc(C(=C2C=CC(=[N+](C)C)C=C2)c2ccccc2)cc1.O=C(O)C(=O)O.O=C(O)C(=O)O.O=C([O-])C(=O)[O-]. The van der Waals surface area contributed by atoms with Crippen LogP contribution < -0.4 is 20.0 Å². The number of hydrogen-bond donors (Lipinski definition) is 4. The van der Waals surface area contributed by atoms with Crippen molar-refractivity contribution in [3.05, 3.63) is 191 Å². The van der Waals surface area contributed by atoms with Gasteiger partial charge in [-0.2, -0.15) is 0 Å². The summed E-state index contributed by atoms with van der Waals surface area (Å²) in [7, 11) is 16.5. The number of benzene rings is 4. The summed E-state index contributed by atoms with van der Waals surface area (Å²) in [6.07, 6.45) is 17.5. The minimum Gasteiger partial charge on any atom is -0.543 e. The molecule has 0 unspecified atom stereocenters. The number of carboxylic acid groups (broad SMARTS) is 6. The molecular weight excluding hydrogens is 873 g/mol. The Kier molecular flexibility index (Phi) is 22.3. The van der Waals surface area contributed by atoms with Crippen molar-refractivity contribution in [1.82, 2.24) is 0 Å². The second-order valence-electron chi connectivity index (χ2n) is 15.0. The van der Waals surface area contributed by atoms with Gasteiger partial charge < -0.3 is 50.0 Å². The van der Waals surface area contributed by atoms with Gasteiger partial charge in [0, 0.05) is 63.9 Å². The van der Waals surface area contributed by atoms with Crippen LogP contribution in [-0.2, 0) is 28.8 Å². The zero-order chi connectivity index (χ0) is 51.1. The highest BCUT2D eigenvalue weighted by atomic mass is 16.5. The molecule has 16 heteroatoms. The molecule has 4 aromatic carbocycles. The summed E-state index contributed by atoms with van der Waals surface area (Å²) in [5.41, 5.74) is 14.7. The van der Waals surface area contributed by atoms with E-state index in [2.05, 4.69) is 233 Å². The average Bonchev–Trinajstić information content (AvgIpc) is 3.31. The Morgan fingerprint density at radius 2 is 0.618 bits per heavy atom. The van der Waals surface area contributed by atoms with Crippen LogP contribution >= 0.6 is 0 Å². The number of carbonyl (C=O) groups excluding carboxylic acids is 2. The standard InChI is InChI=1S/2C23H25N2.3C2H2O4/c2*1-24(2)21-14-10-19(11-15-21)23(18-8-6-5-7-9-18)20-12-16-22(17-13-20)25(3)4;3*3-1(4)2(5)6/h2*5-17H,1-4H3;3*(H,3,4)(H,5,6)/q2*+1;;;/p-2. The van der Waals surface area contributed by atoms with Crippen molar-refractivity contribution in [2.75, 3.05) is 66.2 Å². The van der Waals surface area contributed by atoms with Crippen LogP contribution in [-0.4, -0.2) is 133 Å². The van der Waals surface area contributed by atoms with Gasteiger partial charge in [0.15, 0.2) is 11.4 Å². The third kappa shape index (κ3) is 18.3. The first-order valence-corrected chi connectivity index (χ1v) is 20.4. The van der Waals surface area contributed by atoms with Gasteiger partial charge in [0.25, 0.3) is 0 Å². The maximum absolute atomic E-state index is 9.10. The number of anilines is 2. The van der Waals surface area contributed by atoms with Crippen molar-refractivity contribution in [2.24, 2.45) is 0 Å². The molecule has 0 radical (unpaired) electrons. The van der Waals surface area contributed by atoms with Gasteiger partial charge >= 0.3 is 23.9 Å². The molecule has 0 saturated carbocycles. The minimum atomic E-state index is -2.19. The first-order chi connectivity index (χ1) is 32.0. The third-order valence-corrected chi connectivity index (χ3v) is 9.35. The summed E-state index contributed by atoms with van der Waals surface area (Å²) >= 11 is 0. The molecule has 0 atom stereocenters. The Balaban J connectivity index is 0.000000344. The number of carbonyl (C=O) groups is 6. The molecule has 2 aliphatic carbocycles. The van der Waals surface area contributed by atoms with Gasteiger partial charge in [-0.15, -0.1) is 0 Å². The van der Waals surface area contributed by atoms with Gasteiger partial charge in [-0.3, -0.25) is 0 Å². The predicted molar refractivity (Wildman–Crippen MR) is 258 cm³/mol. The van der Waals surface area contributed by atoms with Crippen LogP contribution in [0.25, 0.3) is 11.1 Å². The fourth-order valence-electron chi connectivity index (χ4n) is 5.91. The molecule has 2 aliphatic rings. The Labute approximate surface area is 394 Å². The summed E-state index contributed by atoms with van der Waals surface area (Å²) in [5, 5.41) is 47.4. The first-order valence-electron chi connectivity index (χ1n) is 20.4. The third-order valence-electron chi connectivity index (χ3n) is 9.35. The molecular formula is C52H54N4O12. The van der Waals surface area contributed by atoms with E-state index < -0.39 is 35.8 Å². The Hall–Kier alpha value is -8.92. The van der Waals surface area contributed by atoms with Crippen molar-refractivity contribution in [3.63, 3.8) is 0 Å². The summed E-state index contributed by atoms with van der Waals surface area (Å²) in [4.78, 5) is 58.5. The van der Waals surface area contributed by atoms with E-state index in [1.807, 2.05) is 0 Å². The van der Waals surface area contributed by atoms with Crippen molar-refractivity contribution in [2.45, 2.75) is 0 Å². The van der Waals surface area contributed by atoms with Crippen LogP contribution in [0.2, 0.25) is 0 Å². The van der Waals surface area contributed by atoms with Crippen molar-refractivity contribution >= 4 is 69.8 Å². The molecule has 354 valence electrons. The number of carboxylic acids is 6. The normalized spacial score (nSPS) is 11.6. The van der Waals surface area contributed by atoms with Gasteiger partial charge in [0.1, 0.15) is 28.2 Å². The van der Waals surface area contributed by atoms with Crippen LogP contribution in [0.5, 0.6) is 0 Å². The molecule has 0 spiro atoms. The number of aliphatic carboxylic acids is 6. The monoisotopic (exact) mass is 926 g/mol. The van der Waals surface area contributed by atoms with Gasteiger partial charge in [0.2, 0.25) is 0 Å². The highest BCUT2D eigenvalue weighted by Gasteiger charge is 2.15. The molecule has 0 aliphatic heterocycles. The molecule has 0 aromatic heterocycles. The second-order valence-corrected chi connectivity index (χ2v) is 15.0. The van der Waals surface area contributed by atoms with Crippen LogP contribution in [0.1, 0.15) is 22.3 Å². The molecule has 16 nitrogen and oxygen atoms in total. The van der Waals surface area contributed by atoms with Crippen LogP contribution in [0.15, 0.2) is 169 Å². The van der Waals surface area contributed by atoms with Gasteiger partial charge in [-0.05, 0) is 93.1 Å². The van der Waals surface area contributed by atoms with Gasteiger partial charge in [-0.25, -0.2) is 28.3 Å². The Bertz CT molecular complexity index is 2400. The fraction of sp³-hybridized carbons (Fsp3) is 0.154. The summed E-state index contributed by atoms with van der Waals surface area (Å²) in [5.74, 6) is -11.7. The quantitative estimate of drug-likeness (QED) is 0.160. The summed E-state index contributed by atoms with van der Waals surface area (Å²) in [6.45, 7) is 0. The van der Waals surface area contributed by atoms with Gasteiger partial charge in [0.05, 0.1) is 11.9 Å². The van der Waals surface area contributed by atoms with Crippen molar-refractivity contribution in [1.29, 1.82) is 0 Å². The zero-order valence-corrected chi connectivity index (χ0v) is 38.9. The Morgan fingerprint density at radius 1 is 0.382 bits per heavy atom. The van der Waals surface area contributed by atoms with Gasteiger partial charge in [-0.1, -0.05) is 84.9 Å². The molecule has 6 rings (SSSR count). The molecule has 68 heavy (non-hydrogen) atoms. The first kappa shape index (κ1) is 55.2. The molecule has 0 saturated heterocycles. The molecule has 4 aromatic rings. The number of hydrogen-bond acceptors (Lipinski definition) is 10. The van der Waals surface area contributed by atoms with E-state index in [-0.39, 0.29) is 0 Å². The van der Waals surface area contributed by atoms with E-state index >= 15 is 0 Å². The fourth-order valence-corrected chi connectivity index (χ4v) is 5.91. The predicted octanol–water partition coefficient (Wildman–Crippen LogP) is 3.58. The van der Waals surface area contributed by atoms with Crippen LogP contribution in [0, 0.1) is 0 Å². The molecule has 0 fully saturated rings. The van der Waals surface area contributed by atoms with E-state index in [1.54, 1.807) is 0 Å². The summed E-state index contributed by atoms with van der Waals surface area (Å²) < 4.78 is 4.25. The maximum Gasteiger partial charge on any atom is 0.414 e. The van der Waals surface area contributed by atoms with Crippen molar-refractivity contribution < 1.29 is 68.6 Å². The lowest BCUT2D eigenvalue weighted by Crippen LogP contribution is -2.42. The highest BCUT2D eigenvalue weighted by molar-refractivity contribution is 6.28. The molecule has 4 N–H and O–H groups in total. The van der Waals surface area contributed by atoms with Crippen LogP contribution in [0.4, 0.5) is 11.4 Å². The Morgan fingerprint density at radius 3 is 0.809 bits per heavy atom. The van der Waals surface area contributed by atoms with Crippen molar-refractivity contribution in [3.8, 4) is 0 Å². The second kappa shape index (κ2) is 27.4. The number of nitrogens with zero attached hydrogens (tertiary/aromatic N) is 4. The largest absolute Gasteiger partial charge is 0.543 e. The van der Waals surface area contributed by atoms with E-state index in [4.69, 9.17) is 59.4 Å². The number of rotatable bonds is 6.